The van der Waals surface area contributed by atoms with Crippen LogP contribution in [0.25, 0.3) is 0 Å². The maximum atomic E-state index is 12.9. The van der Waals surface area contributed by atoms with Gasteiger partial charge in [0, 0.05) is 14.1 Å². The molecular weight excluding hydrogens is 462 g/mol. The first kappa shape index (κ1) is 26.7. The largest absolute Gasteiger partial charge is 0.484 e. The first-order valence-electron chi connectivity index (χ1n) is 10.4. The minimum absolute atomic E-state index is 0.179. The number of sulfonamides is 1. The predicted octanol–water partition coefficient (Wildman–Crippen LogP) is 2.43. The molecule has 0 aliphatic carbocycles. The van der Waals surface area contributed by atoms with E-state index in [1.807, 2.05) is 24.5 Å². The Morgan fingerprint density at radius 3 is 2.24 bits per heavy atom. The van der Waals surface area contributed by atoms with E-state index < -0.39 is 16.1 Å². The summed E-state index contributed by atoms with van der Waals surface area (Å²) in [6, 6.07) is 14.3. The molecule has 2 aromatic rings. The number of amides is 2. The second-order valence-corrected chi connectivity index (χ2v) is 10.7. The number of rotatable bonds is 12. The molecule has 8 nitrogen and oxygen atoms in total. The molecule has 2 rings (SSSR count). The van der Waals surface area contributed by atoms with Crippen molar-refractivity contribution in [2.45, 2.75) is 30.3 Å². The van der Waals surface area contributed by atoms with Gasteiger partial charge in [-0.1, -0.05) is 30.3 Å². The van der Waals surface area contributed by atoms with Gasteiger partial charge in [-0.2, -0.15) is 11.8 Å². The van der Waals surface area contributed by atoms with Crippen LogP contribution in [0, 0.1) is 0 Å². The molecule has 33 heavy (non-hydrogen) atoms. The molecule has 0 saturated heterocycles. The van der Waals surface area contributed by atoms with Gasteiger partial charge in [0.15, 0.2) is 6.61 Å². The van der Waals surface area contributed by atoms with Crippen molar-refractivity contribution in [3.8, 4) is 5.75 Å². The van der Waals surface area contributed by atoms with Gasteiger partial charge in [-0.15, -0.1) is 0 Å². The van der Waals surface area contributed by atoms with Gasteiger partial charge in [0.2, 0.25) is 15.9 Å². The van der Waals surface area contributed by atoms with Crippen LogP contribution in [0.15, 0.2) is 59.5 Å². The smallest absolute Gasteiger partial charge is 0.258 e. The fraction of sp³-hybridized carbons (Fsp3) is 0.391. The van der Waals surface area contributed by atoms with Gasteiger partial charge in [-0.05, 0) is 55.2 Å². The highest BCUT2D eigenvalue weighted by Gasteiger charge is 2.23. The number of carbonyl (C=O) groups is 2. The normalized spacial score (nSPS) is 13.2. The molecule has 2 N–H and O–H groups in total. The number of benzene rings is 2. The zero-order valence-electron chi connectivity index (χ0n) is 19.3. The van der Waals surface area contributed by atoms with Gasteiger partial charge in [0.25, 0.3) is 5.91 Å². The summed E-state index contributed by atoms with van der Waals surface area (Å²) in [4.78, 5) is 25.4. The van der Waals surface area contributed by atoms with Crippen LogP contribution in [-0.2, 0) is 19.6 Å². The third-order valence-corrected chi connectivity index (χ3v) is 7.37. The Morgan fingerprint density at radius 2 is 1.67 bits per heavy atom. The van der Waals surface area contributed by atoms with Gasteiger partial charge >= 0.3 is 0 Å². The standard InChI is InChI=1S/C23H31N3O5S2/c1-17(18-10-12-20(13-11-18)33(29,30)26(2)3)24-23(28)21(14-15-32-4)25-22(27)16-31-19-8-6-5-7-9-19/h5-13,17,21H,14-16H2,1-4H3,(H,24,28)(H,25,27). The number of carbonyl (C=O) groups excluding carboxylic acids is 2. The molecule has 2 aromatic carbocycles. The van der Waals surface area contributed by atoms with Crippen molar-refractivity contribution in [3.05, 3.63) is 60.2 Å². The molecular formula is C23H31N3O5S2. The average Bonchev–Trinajstić information content (AvgIpc) is 2.80. The summed E-state index contributed by atoms with van der Waals surface area (Å²) in [5.74, 6) is 0.579. The van der Waals surface area contributed by atoms with E-state index in [-0.39, 0.29) is 29.4 Å². The van der Waals surface area contributed by atoms with Gasteiger partial charge in [0.1, 0.15) is 11.8 Å². The summed E-state index contributed by atoms with van der Waals surface area (Å²) in [6.45, 7) is 1.61. The van der Waals surface area contributed by atoms with E-state index >= 15 is 0 Å². The van der Waals surface area contributed by atoms with Crippen molar-refractivity contribution >= 4 is 33.6 Å². The predicted molar refractivity (Wildman–Crippen MR) is 131 cm³/mol. The third-order valence-electron chi connectivity index (χ3n) is 4.89. The van der Waals surface area contributed by atoms with E-state index in [0.29, 0.717) is 17.9 Å². The maximum Gasteiger partial charge on any atom is 0.258 e. The van der Waals surface area contributed by atoms with Crippen LogP contribution in [0.1, 0.15) is 24.9 Å². The van der Waals surface area contributed by atoms with Crippen molar-refractivity contribution in [2.75, 3.05) is 32.7 Å². The molecule has 2 amide bonds. The Bertz CT molecular complexity index is 1010. The first-order chi connectivity index (χ1) is 15.6. The summed E-state index contributed by atoms with van der Waals surface area (Å²) in [5.41, 5.74) is 0.753. The highest BCUT2D eigenvalue weighted by molar-refractivity contribution is 7.98. The van der Waals surface area contributed by atoms with Crippen molar-refractivity contribution in [2.24, 2.45) is 0 Å². The molecule has 0 aliphatic rings. The van der Waals surface area contributed by atoms with Gasteiger partial charge in [0.05, 0.1) is 10.9 Å². The number of ether oxygens (including phenoxy) is 1. The molecule has 0 spiro atoms. The fourth-order valence-corrected chi connectivity index (χ4v) is 4.32. The van der Waals surface area contributed by atoms with Crippen molar-refractivity contribution in [1.29, 1.82) is 0 Å². The van der Waals surface area contributed by atoms with Crippen LogP contribution in [-0.4, -0.2) is 63.3 Å². The second-order valence-electron chi connectivity index (χ2n) is 7.59. The first-order valence-corrected chi connectivity index (χ1v) is 13.3. The molecule has 180 valence electrons. The number of nitrogens with one attached hydrogen (secondary N) is 2. The SMILES string of the molecule is CSCCC(NC(=O)COc1ccccc1)C(=O)NC(C)c1ccc(S(=O)(=O)N(C)C)cc1. The number of thioether (sulfide) groups is 1. The van der Waals surface area contributed by atoms with Crippen LogP contribution in [0.4, 0.5) is 0 Å². The van der Waals surface area contributed by atoms with Crippen LogP contribution >= 0.6 is 11.8 Å². The highest BCUT2D eigenvalue weighted by atomic mass is 32.2. The molecule has 10 heteroatoms. The van der Waals surface area contributed by atoms with Crippen molar-refractivity contribution in [1.82, 2.24) is 14.9 Å². The third kappa shape index (κ3) is 8.06. The quantitative estimate of drug-likeness (QED) is 0.471. The average molecular weight is 494 g/mol. The van der Waals surface area contributed by atoms with E-state index in [1.165, 1.54) is 26.2 Å². The molecule has 0 saturated carbocycles. The topological polar surface area (TPSA) is 105 Å². The monoisotopic (exact) mass is 493 g/mol. The van der Waals surface area contributed by atoms with E-state index in [4.69, 9.17) is 4.74 Å². The maximum absolute atomic E-state index is 12.9. The zero-order valence-corrected chi connectivity index (χ0v) is 20.9. The Hall–Kier alpha value is -2.56. The van der Waals surface area contributed by atoms with Crippen molar-refractivity contribution < 1.29 is 22.7 Å². The lowest BCUT2D eigenvalue weighted by molar-refractivity contribution is -0.130. The second kappa shape index (κ2) is 12.6. The van der Waals surface area contributed by atoms with Gasteiger partial charge in [-0.25, -0.2) is 12.7 Å². The van der Waals surface area contributed by atoms with E-state index in [0.717, 1.165) is 9.87 Å². The summed E-state index contributed by atoms with van der Waals surface area (Å²) in [6.07, 6.45) is 2.40. The minimum Gasteiger partial charge on any atom is -0.484 e. The van der Waals surface area contributed by atoms with Gasteiger partial charge < -0.3 is 15.4 Å². The van der Waals surface area contributed by atoms with E-state index in [2.05, 4.69) is 10.6 Å². The molecule has 2 unspecified atom stereocenters. The fourth-order valence-electron chi connectivity index (χ4n) is 2.94. The lowest BCUT2D eigenvalue weighted by Gasteiger charge is -2.22. The lowest BCUT2D eigenvalue weighted by atomic mass is 10.1. The molecule has 0 aliphatic heterocycles. The number of hydrogen-bond donors (Lipinski definition) is 2. The summed E-state index contributed by atoms with van der Waals surface area (Å²) >= 11 is 1.58. The summed E-state index contributed by atoms with van der Waals surface area (Å²) in [7, 11) is -0.576. The van der Waals surface area contributed by atoms with Crippen LogP contribution in [0.3, 0.4) is 0 Å². The molecule has 0 radical (unpaired) electrons. The Kier molecular flexibility index (Phi) is 10.2. The molecule has 0 aromatic heterocycles. The van der Waals surface area contributed by atoms with Crippen LogP contribution in [0.2, 0.25) is 0 Å². The highest BCUT2D eigenvalue weighted by Crippen LogP contribution is 2.18. The number of hydrogen-bond acceptors (Lipinski definition) is 6. The molecule has 0 heterocycles. The Morgan fingerprint density at radius 1 is 1.03 bits per heavy atom. The Balaban J connectivity index is 1.99. The van der Waals surface area contributed by atoms with Crippen LogP contribution < -0.4 is 15.4 Å². The van der Waals surface area contributed by atoms with E-state index in [9.17, 15) is 18.0 Å². The van der Waals surface area contributed by atoms with Crippen LogP contribution in [0.5, 0.6) is 5.75 Å². The minimum atomic E-state index is -3.52. The summed E-state index contributed by atoms with van der Waals surface area (Å²) < 4.78 is 31.1. The van der Waals surface area contributed by atoms with Crippen molar-refractivity contribution in [3.63, 3.8) is 0 Å². The number of nitrogens with zero attached hydrogens (tertiary/aromatic N) is 1. The molecule has 2 atom stereocenters. The molecule has 0 fully saturated rings. The van der Waals surface area contributed by atoms with E-state index in [1.54, 1.807) is 43.0 Å². The summed E-state index contributed by atoms with van der Waals surface area (Å²) in [5, 5.41) is 5.65. The number of para-hydroxylation sites is 1. The zero-order chi connectivity index (χ0) is 24.4. The Labute approximate surface area is 200 Å². The lowest BCUT2D eigenvalue weighted by Crippen LogP contribution is -2.48. The molecule has 0 bridgehead atoms. The van der Waals surface area contributed by atoms with Gasteiger partial charge in [-0.3, -0.25) is 9.59 Å².